The third-order valence-electron chi connectivity index (χ3n) is 6.90. The fraction of sp³-hybridized carbons (Fsp3) is 0.485. The smallest absolute Gasteiger partial charge is 0.293 e. The second kappa shape index (κ2) is 18.7. The zero-order valence-corrected chi connectivity index (χ0v) is 27.4. The van der Waals surface area contributed by atoms with Gasteiger partial charge < -0.3 is 0 Å². The van der Waals surface area contributed by atoms with Crippen molar-refractivity contribution in [2.75, 3.05) is 0 Å². The molecule has 0 aliphatic carbocycles. The minimum atomic E-state index is -1.06. The topological polar surface area (TPSA) is 159 Å². The van der Waals surface area contributed by atoms with E-state index in [9.17, 15) is 24.0 Å². The SMILES string of the molecule is CCC(C)OOC(=O)c1ccc(C(=O)c2ccc(C(=O)OOC(C)CC)c(C(=O)OOC(C)CC)c2)cc1C(=O)OOC(C)CC. The Morgan fingerprint density at radius 1 is 0.457 bits per heavy atom. The molecule has 0 N–H and O–H groups in total. The van der Waals surface area contributed by atoms with Gasteiger partial charge in [0.05, 0.1) is 22.3 Å². The molecule has 0 aliphatic heterocycles. The molecule has 13 heteroatoms. The van der Waals surface area contributed by atoms with Crippen LogP contribution in [0, 0.1) is 0 Å². The third kappa shape index (κ3) is 11.0. The van der Waals surface area contributed by atoms with E-state index < -0.39 is 54.1 Å². The fourth-order valence-corrected chi connectivity index (χ4v) is 3.19. The standard InChI is InChI=1S/C33H42O13/c1-9-19(5)39-43-30(35)25-15-13-23(17-27(25)32(37)45-41-21(7)11-3)29(34)24-14-16-26(31(36)44-40-20(6)10-2)28(18-24)33(38)46-42-22(8)12-4/h13-22H,9-12H2,1-8H3. The lowest BCUT2D eigenvalue weighted by molar-refractivity contribution is -0.271. The van der Waals surface area contributed by atoms with Crippen molar-refractivity contribution in [3.63, 3.8) is 0 Å². The fourth-order valence-electron chi connectivity index (χ4n) is 3.19. The lowest BCUT2D eigenvalue weighted by Gasteiger charge is -2.14. The van der Waals surface area contributed by atoms with E-state index in [1.807, 2.05) is 27.7 Å². The Hall–Kier alpha value is -4.17. The van der Waals surface area contributed by atoms with E-state index in [1.165, 1.54) is 24.3 Å². The van der Waals surface area contributed by atoms with Crippen LogP contribution in [0.15, 0.2) is 36.4 Å². The van der Waals surface area contributed by atoms with Gasteiger partial charge >= 0.3 is 23.9 Å². The maximum atomic E-state index is 13.6. The number of hydrogen-bond acceptors (Lipinski definition) is 13. The summed E-state index contributed by atoms with van der Waals surface area (Å²) in [6.45, 7) is 14.0. The first-order valence-electron chi connectivity index (χ1n) is 15.2. The van der Waals surface area contributed by atoms with Crippen molar-refractivity contribution in [2.45, 2.75) is 105 Å². The second-order valence-corrected chi connectivity index (χ2v) is 10.6. The van der Waals surface area contributed by atoms with Crippen LogP contribution in [0.25, 0.3) is 0 Å². The van der Waals surface area contributed by atoms with Crippen LogP contribution in [0.1, 0.15) is 138 Å². The lowest BCUT2D eigenvalue weighted by Crippen LogP contribution is -2.20. The summed E-state index contributed by atoms with van der Waals surface area (Å²) in [5, 5.41) is 0. The Labute approximate surface area is 268 Å². The van der Waals surface area contributed by atoms with Crippen molar-refractivity contribution < 1.29 is 63.1 Å². The molecular formula is C33H42O13. The molecule has 0 bridgehead atoms. The van der Waals surface area contributed by atoms with Gasteiger partial charge in [-0.1, -0.05) is 39.8 Å². The molecule has 13 nitrogen and oxygen atoms in total. The zero-order valence-electron chi connectivity index (χ0n) is 27.4. The number of carbonyl (C=O) groups excluding carboxylic acids is 5. The largest absolute Gasteiger partial charge is 0.373 e. The summed E-state index contributed by atoms with van der Waals surface area (Å²) >= 11 is 0. The number of carbonyl (C=O) groups is 5. The molecule has 0 amide bonds. The highest BCUT2D eigenvalue weighted by atomic mass is 17.2. The summed E-state index contributed by atoms with van der Waals surface area (Å²) in [5.41, 5.74) is -1.31. The number of ketones is 1. The van der Waals surface area contributed by atoms with Crippen LogP contribution >= 0.6 is 0 Å². The van der Waals surface area contributed by atoms with E-state index >= 15 is 0 Å². The predicted octanol–water partition coefficient (Wildman–Crippen LogP) is 6.47. The number of benzene rings is 2. The highest BCUT2D eigenvalue weighted by Gasteiger charge is 2.27. The van der Waals surface area contributed by atoms with Crippen molar-refractivity contribution in [3.05, 3.63) is 69.8 Å². The predicted molar refractivity (Wildman–Crippen MR) is 161 cm³/mol. The van der Waals surface area contributed by atoms with Crippen molar-refractivity contribution >= 4 is 29.7 Å². The maximum Gasteiger partial charge on any atom is 0.373 e. The highest BCUT2D eigenvalue weighted by Crippen LogP contribution is 2.22. The normalized spacial score (nSPS) is 13.6. The molecule has 2 aromatic rings. The first kappa shape index (κ1) is 38.0. The highest BCUT2D eigenvalue weighted by molar-refractivity contribution is 6.13. The molecule has 0 radical (unpaired) electrons. The van der Waals surface area contributed by atoms with Gasteiger partial charge in [-0.25, -0.2) is 19.2 Å². The Morgan fingerprint density at radius 3 is 0.978 bits per heavy atom. The van der Waals surface area contributed by atoms with Crippen LogP contribution in [0.3, 0.4) is 0 Å². The zero-order chi connectivity index (χ0) is 34.4. The first-order chi connectivity index (χ1) is 21.9. The van der Waals surface area contributed by atoms with Crippen LogP contribution in [0.2, 0.25) is 0 Å². The molecule has 46 heavy (non-hydrogen) atoms. The van der Waals surface area contributed by atoms with E-state index in [1.54, 1.807) is 27.7 Å². The summed E-state index contributed by atoms with van der Waals surface area (Å²) in [5.74, 6) is -4.79. The molecule has 0 saturated heterocycles. The van der Waals surface area contributed by atoms with E-state index in [4.69, 9.17) is 39.1 Å². The van der Waals surface area contributed by atoms with Crippen LogP contribution < -0.4 is 0 Å². The van der Waals surface area contributed by atoms with Gasteiger partial charge in [-0.15, -0.1) is 0 Å². The third-order valence-corrected chi connectivity index (χ3v) is 6.90. The Balaban J connectivity index is 2.52. The second-order valence-electron chi connectivity index (χ2n) is 10.6. The van der Waals surface area contributed by atoms with Gasteiger partial charge in [-0.2, -0.15) is 19.6 Å². The summed E-state index contributed by atoms with van der Waals surface area (Å²) in [6, 6.07) is 7.19. The average molecular weight is 647 g/mol. The Morgan fingerprint density at radius 2 is 0.717 bits per heavy atom. The van der Waals surface area contributed by atoms with Gasteiger partial charge in [0.15, 0.2) is 5.78 Å². The van der Waals surface area contributed by atoms with Gasteiger partial charge in [0.25, 0.3) is 0 Å². The van der Waals surface area contributed by atoms with E-state index in [0.717, 1.165) is 12.1 Å². The van der Waals surface area contributed by atoms with Gasteiger partial charge in [0.1, 0.15) is 24.4 Å². The van der Waals surface area contributed by atoms with Crippen molar-refractivity contribution in [1.29, 1.82) is 0 Å². The molecule has 0 spiro atoms. The summed E-state index contributed by atoms with van der Waals surface area (Å²) in [4.78, 5) is 105. The molecule has 0 fully saturated rings. The monoisotopic (exact) mass is 646 g/mol. The summed E-state index contributed by atoms with van der Waals surface area (Å²) < 4.78 is 0. The maximum absolute atomic E-state index is 13.6. The van der Waals surface area contributed by atoms with Gasteiger partial charge in [0, 0.05) is 11.1 Å². The van der Waals surface area contributed by atoms with Crippen molar-refractivity contribution in [2.24, 2.45) is 0 Å². The van der Waals surface area contributed by atoms with Crippen LogP contribution in [0.4, 0.5) is 0 Å². The van der Waals surface area contributed by atoms with E-state index in [-0.39, 0.29) is 33.4 Å². The molecule has 2 rings (SSSR count). The van der Waals surface area contributed by atoms with Crippen LogP contribution in [0.5, 0.6) is 0 Å². The molecule has 0 saturated carbocycles. The van der Waals surface area contributed by atoms with Gasteiger partial charge in [0.2, 0.25) is 0 Å². The average Bonchev–Trinajstić information content (AvgIpc) is 3.08. The molecule has 0 aromatic heterocycles. The summed E-state index contributed by atoms with van der Waals surface area (Å²) in [7, 11) is 0. The van der Waals surface area contributed by atoms with Gasteiger partial charge in [-0.05, 0) is 77.6 Å². The minimum Gasteiger partial charge on any atom is -0.293 e. The number of rotatable bonds is 18. The summed E-state index contributed by atoms with van der Waals surface area (Å²) in [6.07, 6.45) is 0.466. The van der Waals surface area contributed by atoms with E-state index in [0.29, 0.717) is 25.7 Å². The Bertz CT molecular complexity index is 1270. The van der Waals surface area contributed by atoms with Crippen molar-refractivity contribution in [1.82, 2.24) is 0 Å². The molecule has 0 aliphatic rings. The Kier molecular flexibility index (Phi) is 15.5. The lowest BCUT2D eigenvalue weighted by atomic mass is 9.95. The van der Waals surface area contributed by atoms with Gasteiger partial charge in [-0.3, -0.25) is 24.3 Å². The quantitative estimate of drug-likeness (QED) is 0.0986. The minimum absolute atomic E-state index is 0.0690. The molecule has 252 valence electrons. The van der Waals surface area contributed by atoms with E-state index in [2.05, 4.69) is 0 Å². The van der Waals surface area contributed by atoms with Crippen LogP contribution in [-0.4, -0.2) is 54.1 Å². The molecule has 2 aromatic carbocycles. The number of hydrogen-bond donors (Lipinski definition) is 0. The van der Waals surface area contributed by atoms with Crippen molar-refractivity contribution in [3.8, 4) is 0 Å². The molecule has 0 heterocycles. The molecule has 4 atom stereocenters. The molecular weight excluding hydrogens is 604 g/mol. The van der Waals surface area contributed by atoms with Crippen LogP contribution in [-0.2, 0) is 39.1 Å². The first-order valence-corrected chi connectivity index (χ1v) is 15.2. The molecule has 4 unspecified atom stereocenters.